The van der Waals surface area contributed by atoms with Crippen molar-refractivity contribution in [2.75, 3.05) is 26.4 Å². The Morgan fingerprint density at radius 3 is 1.13 bits per heavy atom. The van der Waals surface area contributed by atoms with Gasteiger partial charge in [-0.25, -0.2) is 4.57 Å². The van der Waals surface area contributed by atoms with E-state index in [4.69, 9.17) is 23.3 Å². The van der Waals surface area contributed by atoms with E-state index in [-0.39, 0.29) is 25.9 Å². The van der Waals surface area contributed by atoms with Crippen LogP contribution in [0.25, 0.3) is 0 Å². The number of aliphatic hydroxyl groups excluding tert-OH is 1. The first-order valence-corrected chi connectivity index (χ1v) is 29.7. The lowest BCUT2D eigenvalue weighted by molar-refractivity contribution is -0.160. The number of carbonyl (C=O) groups is 3. The van der Waals surface area contributed by atoms with Crippen molar-refractivity contribution in [3.05, 3.63) is 60.8 Å². The smallest absolute Gasteiger partial charge is 0.462 e. The summed E-state index contributed by atoms with van der Waals surface area (Å²) in [5.74, 6) is -1.61. The number of phosphoric ester groups is 1. The van der Waals surface area contributed by atoms with E-state index in [1.165, 1.54) is 128 Å². The fraction of sp³-hybridized carbons (Fsp3) is 0.776. The minimum Gasteiger partial charge on any atom is -0.462 e. The number of carbonyl (C=O) groups excluding carboxylic acids is 3. The summed E-state index contributed by atoms with van der Waals surface area (Å²) in [5, 5.41) is 9.78. The summed E-state index contributed by atoms with van der Waals surface area (Å²) in [4.78, 5) is 48.4. The number of aliphatic hydroxyl groups is 1. The number of rotatable bonds is 52. The van der Waals surface area contributed by atoms with E-state index in [0.29, 0.717) is 19.3 Å². The topological polar surface area (TPSA) is 155 Å². The van der Waals surface area contributed by atoms with Crippen LogP contribution in [0.4, 0.5) is 0 Å². The number of hydrogen-bond donors (Lipinski definition) is 2. The third kappa shape index (κ3) is 50.1. The molecule has 0 fully saturated rings. The molecule has 0 spiro atoms. The van der Waals surface area contributed by atoms with Gasteiger partial charge in [0.25, 0.3) is 0 Å². The van der Waals surface area contributed by atoms with Gasteiger partial charge in [-0.3, -0.25) is 23.4 Å². The fourth-order valence-corrected chi connectivity index (χ4v) is 8.51. The zero-order valence-corrected chi connectivity index (χ0v) is 45.6. The van der Waals surface area contributed by atoms with Gasteiger partial charge in [-0.1, -0.05) is 248 Å². The maximum atomic E-state index is 12.9. The molecule has 3 atom stereocenters. The van der Waals surface area contributed by atoms with E-state index in [2.05, 4.69) is 63.3 Å². The summed E-state index contributed by atoms with van der Waals surface area (Å²) in [6.07, 6.45) is 56.5. The van der Waals surface area contributed by atoms with E-state index in [0.717, 1.165) is 64.2 Å². The monoisotopic (exact) mass is 1010 g/mol. The molecule has 0 aliphatic heterocycles. The quantitative estimate of drug-likeness (QED) is 0.0197. The third-order valence-electron chi connectivity index (χ3n) is 12.0. The third-order valence-corrected chi connectivity index (χ3v) is 12.9. The summed E-state index contributed by atoms with van der Waals surface area (Å²) in [6, 6.07) is 0. The molecule has 0 heterocycles. The van der Waals surface area contributed by atoms with Gasteiger partial charge in [0.1, 0.15) is 12.7 Å². The Labute approximate surface area is 427 Å². The molecule has 70 heavy (non-hydrogen) atoms. The van der Waals surface area contributed by atoms with Crippen LogP contribution in [0.15, 0.2) is 60.8 Å². The second-order valence-electron chi connectivity index (χ2n) is 18.8. The van der Waals surface area contributed by atoms with E-state index in [1.54, 1.807) is 6.08 Å². The van der Waals surface area contributed by atoms with Crippen LogP contribution in [-0.4, -0.2) is 66.5 Å². The molecule has 3 unspecified atom stereocenters. The number of hydrogen-bond acceptors (Lipinski definition) is 10. The standard InChI is InChI=1S/C58H103O11P/c1-4-7-10-13-16-19-22-24-26-27-29-30-33-35-38-41-44-47-56(60)65-51-55(69-58(62)49-46-43-40-37-34-31-28-25-23-20-17-14-11-8-5-2)53-67-70(63,64)66-52-54(50-59)68-57(61)48-45-42-39-36-32-21-18-15-12-9-6-3/h8,11,17,20,25,28,34,37,43,46,54-55,59H,4-7,9-10,12-16,18-19,21-24,26-27,29-33,35-36,38-42,44-45,47-53H2,1-3H3,(H,63,64)/b11-8-,20-17-,28-25-,37-34-,46-43-. The minimum atomic E-state index is -4.76. The second-order valence-corrected chi connectivity index (χ2v) is 20.2. The Kier molecular flexibility index (Phi) is 50.4. The molecule has 0 rings (SSSR count). The highest BCUT2D eigenvalue weighted by Gasteiger charge is 2.28. The van der Waals surface area contributed by atoms with Crippen molar-refractivity contribution in [1.82, 2.24) is 0 Å². The molecule has 0 saturated carbocycles. The van der Waals surface area contributed by atoms with Crippen LogP contribution < -0.4 is 0 Å². The largest absolute Gasteiger partial charge is 0.472 e. The van der Waals surface area contributed by atoms with E-state index in [9.17, 15) is 28.9 Å². The zero-order valence-electron chi connectivity index (χ0n) is 44.7. The molecule has 0 saturated heterocycles. The first-order chi connectivity index (χ1) is 34.2. The maximum Gasteiger partial charge on any atom is 0.472 e. The van der Waals surface area contributed by atoms with Gasteiger partial charge < -0.3 is 24.2 Å². The van der Waals surface area contributed by atoms with Crippen LogP contribution in [0.1, 0.15) is 252 Å². The van der Waals surface area contributed by atoms with Crippen molar-refractivity contribution in [2.45, 2.75) is 264 Å². The molecular weight excluding hydrogens is 904 g/mol. The summed E-state index contributed by atoms with van der Waals surface area (Å²) in [6.45, 7) is 4.43. The summed E-state index contributed by atoms with van der Waals surface area (Å²) in [5.41, 5.74) is 0. The van der Waals surface area contributed by atoms with Crippen LogP contribution in [0.2, 0.25) is 0 Å². The minimum absolute atomic E-state index is 0.0623. The first kappa shape index (κ1) is 67.2. The van der Waals surface area contributed by atoms with Crippen LogP contribution in [-0.2, 0) is 42.2 Å². The van der Waals surface area contributed by atoms with Crippen molar-refractivity contribution in [1.29, 1.82) is 0 Å². The van der Waals surface area contributed by atoms with Crippen LogP contribution in [0.3, 0.4) is 0 Å². The van der Waals surface area contributed by atoms with Crippen molar-refractivity contribution in [3.8, 4) is 0 Å². The van der Waals surface area contributed by atoms with Gasteiger partial charge in [0, 0.05) is 12.8 Å². The Morgan fingerprint density at radius 1 is 0.414 bits per heavy atom. The predicted molar refractivity (Wildman–Crippen MR) is 288 cm³/mol. The number of phosphoric acid groups is 1. The summed E-state index contributed by atoms with van der Waals surface area (Å²) in [7, 11) is -4.76. The molecule has 0 aromatic heterocycles. The average Bonchev–Trinajstić information content (AvgIpc) is 3.35. The van der Waals surface area contributed by atoms with Gasteiger partial charge in [-0.15, -0.1) is 0 Å². The van der Waals surface area contributed by atoms with Crippen molar-refractivity contribution >= 4 is 25.7 Å². The molecule has 12 heteroatoms. The van der Waals surface area contributed by atoms with Crippen molar-refractivity contribution in [3.63, 3.8) is 0 Å². The Bertz CT molecular complexity index is 1410. The number of unbranched alkanes of at least 4 members (excludes halogenated alkanes) is 26. The lowest BCUT2D eigenvalue weighted by Crippen LogP contribution is -2.30. The van der Waals surface area contributed by atoms with E-state index in [1.807, 2.05) is 12.2 Å². The molecular formula is C58H103O11P. The Hall–Kier alpha value is -2.82. The lowest BCUT2D eigenvalue weighted by Gasteiger charge is -2.21. The molecule has 11 nitrogen and oxygen atoms in total. The van der Waals surface area contributed by atoms with Gasteiger partial charge in [0.15, 0.2) is 6.10 Å². The molecule has 0 aromatic rings. The number of esters is 3. The van der Waals surface area contributed by atoms with Crippen LogP contribution in [0.5, 0.6) is 0 Å². The van der Waals surface area contributed by atoms with Crippen LogP contribution in [0, 0.1) is 0 Å². The SMILES string of the molecule is CC/C=C\C/C=C\C/C=C\C/C=C\C/C=C\CC(=O)OC(COC(=O)CCCCCCCCCCCCCCCCCCC)COP(=O)(O)OCC(CO)OC(=O)CCCCCCCCCCCCC. The summed E-state index contributed by atoms with van der Waals surface area (Å²) >= 11 is 0. The highest BCUT2D eigenvalue weighted by molar-refractivity contribution is 7.47. The van der Waals surface area contributed by atoms with E-state index >= 15 is 0 Å². The Balaban J connectivity index is 4.80. The molecule has 0 bridgehead atoms. The molecule has 0 aromatic carbocycles. The van der Waals surface area contributed by atoms with Crippen molar-refractivity contribution < 1.29 is 52.2 Å². The molecule has 406 valence electrons. The first-order valence-electron chi connectivity index (χ1n) is 28.2. The molecule has 0 aliphatic carbocycles. The normalized spacial score (nSPS) is 13.8. The summed E-state index contributed by atoms with van der Waals surface area (Å²) < 4.78 is 39.3. The number of ether oxygens (including phenoxy) is 3. The molecule has 2 N–H and O–H groups in total. The van der Waals surface area contributed by atoms with Gasteiger partial charge >= 0.3 is 25.7 Å². The highest BCUT2D eigenvalue weighted by Crippen LogP contribution is 2.43. The molecule has 0 amide bonds. The highest BCUT2D eigenvalue weighted by atomic mass is 31.2. The average molecular weight is 1010 g/mol. The predicted octanol–water partition coefficient (Wildman–Crippen LogP) is 16.4. The van der Waals surface area contributed by atoms with Crippen LogP contribution >= 0.6 is 7.82 Å². The van der Waals surface area contributed by atoms with Gasteiger partial charge in [-0.05, 0) is 44.9 Å². The zero-order chi connectivity index (χ0) is 51.3. The van der Waals surface area contributed by atoms with Crippen molar-refractivity contribution in [2.24, 2.45) is 0 Å². The van der Waals surface area contributed by atoms with Gasteiger partial charge in [0.2, 0.25) is 0 Å². The Morgan fingerprint density at radius 2 is 0.743 bits per heavy atom. The second kappa shape index (κ2) is 52.5. The van der Waals surface area contributed by atoms with E-state index < -0.39 is 57.8 Å². The maximum absolute atomic E-state index is 12.9. The molecule has 0 aliphatic rings. The van der Waals surface area contributed by atoms with Gasteiger partial charge in [0.05, 0.1) is 26.2 Å². The molecule has 0 radical (unpaired) electrons. The number of allylic oxidation sites excluding steroid dienone is 9. The fourth-order valence-electron chi connectivity index (χ4n) is 7.73. The lowest BCUT2D eigenvalue weighted by atomic mass is 10.0. The van der Waals surface area contributed by atoms with Gasteiger partial charge in [-0.2, -0.15) is 0 Å².